The molecule has 0 saturated carbocycles. The van der Waals surface area contributed by atoms with E-state index in [1.54, 1.807) is 0 Å². The Balaban J connectivity index is 3.04. The number of thioether (sulfide) groups is 1. The van der Waals surface area contributed by atoms with Crippen molar-refractivity contribution in [1.29, 1.82) is 0 Å². The molecule has 0 aromatic heterocycles. The van der Waals surface area contributed by atoms with E-state index in [0.29, 0.717) is 19.4 Å². The van der Waals surface area contributed by atoms with E-state index in [0.717, 1.165) is 37.1 Å². The lowest BCUT2D eigenvalue weighted by molar-refractivity contribution is -0.143. The zero-order valence-corrected chi connectivity index (χ0v) is 10.2. The third kappa shape index (κ3) is 11.4. The molecule has 0 aliphatic heterocycles. The van der Waals surface area contributed by atoms with Crippen LogP contribution in [0.5, 0.6) is 0 Å². The van der Waals surface area contributed by atoms with Crippen LogP contribution in [0.1, 0.15) is 39.0 Å². The molecule has 0 amide bonds. The van der Waals surface area contributed by atoms with Crippen LogP contribution < -0.4 is 0 Å². The second kappa shape index (κ2) is 11.6. The Kier molecular flexibility index (Phi) is 11.2. The molecule has 0 aliphatic carbocycles. The van der Waals surface area contributed by atoms with E-state index in [9.17, 15) is 9.59 Å². The summed E-state index contributed by atoms with van der Waals surface area (Å²) in [6.45, 7) is 2.29. The summed E-state index contributed by atoms with van der Waals surface area (Å²) in [6, 6.07) is 0. The summed E-state index contributed by atoms with van der Waals surface area (Å²) in [7, 11) is 0. The van der Waals surface area contributed by atoms with Crippen molar-refractivity contribution in [2.75, 3.05) is 18.1 Å². The topological polar surface area (TPSA) is 43.4 Å². The Morgan fingerprint density at radius 1 is 1.27 bits per heavy atom. The number of unbranched alkanes of at least 4 members (excludes halogenated alkanes) is 2. The Morgan fingerprint density at radius 3 is 2.67 bits per heavy atom. The van der Waals surface area contributed by atoms with Crippen molar-refractivity contribution in [2.24, 2.45) is 0 Å². The highest BCUT2D eigenvalue weighted by molar-refractivity contribution is 7.99. The van der Waals surface area contributed by atoms with Crippen molar-refractivity contribution in [1.82, 2.24) is 0 Å². The fourth-order valence-corrected chi connectivity index (χ4v) is 2.06. The normalized spacial score (nSPS) is 9.93. The molecule has 0 atom stereocenters. The van der Waals surface area contributed by atoms with Crippen molar-refractivity contribution >= 4 is 24.0 Å². The molecule has 0 rings (SSSR count). The molecule has 0 aromatic rings. The van der Waals surface area contributed by atoms with E-state index in [2.05, 4.69) is 0 Å². The first-order valence-electron chi connectivity index (χ1n) is 5.48. The molecule has 3 nitrogen and oxygen atoms in total. The van der Waals surface area contributed by atoms with Crippen LogP contribution in [0.2, 0.25) is 0 Å². The zero-order valence-electron chi connectivity index (χ0n) is 9.37. The molecule has 0 heterocycles. The molecule has 0 aliphatic rings. The number of carbonyl (C=O) groups is 2. The van der Waals surface area contributed by atoms with E-state index in [-0.39, 0.29) is 5.97 Å². The summed E-state index contributed by atoms with van der Waals surface area (Å²) in [5.74, 6) is 2.01. The van der Waals surface area contributed by atoms with E-state index in [1.807, 2.05) is 18.7 Å². The van der Waals surface area contributed by atoms with E-state index in [4.69, 9.17) is 4.74 Å². The maximum absolute atomic E-state index is 10.9. The summed E-state index contributed by atoms with van der Waals surface area (Å²) in [4.78, 5) is 21.0. The Labute approximate surface area is 95.9 Å². The second-order valence-electron chi connectivity index (χ2n) is 3.18. The molecule has 15 heavy (non-hydrogen) atoms. The van der Waals surface area contributed by atoms with Gasteiger partial charge in [-0.25, -0.2) is 0 Å². The zero-order chi connectivity index (χ0) is 11.4. The van der Waals surface area contributed by atoms with Crippen molar-refractivity contribution in [3.63, 3.8) is 0 Å². The van der Waals surface area contributed by atoms with Gasteiger partial charge < -0.3 is 9.53 Å². The van der Waals surface area contributed by atoms with E-state index in [1.165, 1.54) is 0 Å². The molecule has 0 spiro atoms. The van der Waals surface area contributed by atoms with Crippen molar-refractivity contribution in [3.05, 3.63) is 0 Å². The second-order valence-corrected chi connectivity index (χ2v) is 4.41. The standard InChI is InChI=1S/C11H20O3S/c1-2-14-11(13)7-3-5-9-15-10-6-4-8-12/h8H,2-7,9-10H2,1H3. The van der Waals surface area contributed by atoms with Gasteiger partial charge in [0, 0.05) is 12.8 Å². The highest BCUT2D eigenvalue weighted by Crippen LogP contribution is 2.08. The summed E-state index contributed by atoms with van der Waals surface area (Å²) >= 11 is 1.85. The van der Waals surface area contributed by atoms with Crippen molar-refractivity contribution in [2.45, 2.75) is 39.0 Å². The first-order chi connectivity index (χ1) is 7.31. The predicted molar refractivity (Wildman–Crippen MR) is 63.1 cm³/mol. The van der Waals surface area contributed by atoms with Crippen LogP contribution in [0, 0.1) is 0 Å². The van der Waals surface area contributed by atoms with Crippen LogP contribution in [-0.2, 0) is 14.3 Å². The van der Waals surface area contributed by atoms with E-state index < -0.39 is 0 Å². The molecule has 0 saturated heterocycles. The summed E-state index contributed by atoms with van der Waals surface area (Å²) in [5, 5.41) is 0. The molecule has 4 heteroatoms. The number of rotatable bonds is 10. The Morgan fingerprint density at radius 2 is 2.00 bits per heavy atom. The van der Waals surface area contributed by atoms with Gasteiger partial charge in [0.15, 0.2) is 0 Å². The third-order valence-electron chi connectivity index (χ3n) is 1.84. The van der Waals surface area contributed by atoms with Crippen molar-refractivity contribution < 1.29 is 14.3 Å². The molecular formula is C11H20O3S. The Hall–Kier alpha value is -0.510. The monoisotopic (exact) mass is 232 g/mol. The van der Waals surface area contributed by atoms with Gasteiger partial charge in [0.05, 0.1) is 6.61 Å². The summed E-state index contributed by atoms with van der Waals surface area (Å²) in [5.41, 5.74) is 0. The molecule has 0 N–H and O–H groups in total. The minimum atomic E-state index is -0.0940. The van der Waals surface area contributed by atoms with Gasteiger partial charge in [0.1, 0.15) is 6.29 Å². The molecule has 0 bridgehead atoms. The average molecular weight is 232 g/mol. The molecule has 0 fully saturated rings. The number of ether oxygens (including phenoxy) is 1. The number of hydrogen-bond donors (Lipinski definition) is 0. The maximum Gasteiger partial charge on any atom is 0.305 e. The predicted octanol–water partition coefficient (Wildman–Crippen LogP) is 2.43. The number of esters is 1. The van der Waals surface area contributed by atoms with Crippen LogP contribution in [0.3, 0.4) is 0 Å². The van der Waals surface area contributed by atoms with Gasteiger partial charge in [-0.3, -0.25) is 4.79 Å². The van der Waals surface area contributed by atoms with Gasteiger partial charge in [-0.05, 0) is 37.7 Å². The van der Waals surface area contributed by atoms with Gasteiger partial charge in [-0.2, -0.15) is 11.8 Å². The third-order valence-corrected chi connectivity index (χ3v) is 2.99. The van der Waals surface area contributed by atoms with Gasteiger partial charge in [-0.15, -0.1) is 0 Å². The van der Waals surface area contributed by atoms with Crippen LogP contribution >= 0.6 is 11.8 Å². The lowest BCUT2D eigenvalue weighted by Crippen LogP contribution is -2.03. The molecule has 0 aromatic carbocycles. The highest BCUT2D eigenvalue weighted by atomic mass is 32.2. The first-order valence-corrected chi connectivity index (χ1v) is 6.63. The summed E-state index contributed by atoms with van der Waals surface area (Å²) < 4.78 is 4.82. The number of hydrogen-bond acceptors (Lipinski definition) is 4. The largest absolute Gasteiger partial charge is 0.466 e. The fraction of sp³-hybridized carbons (Fsp3) is 0.818. The molecule has 0 unspecified atom stereocenters. The quantitative estimate of drug-likeness (QED) is 0.329. The highest BCUT2D eigenvalue weighted by Gasteiger charge is 2.00. The SMILES string of the molecule is CCOC(=O)CCCCSCCCC=O. The smallest absolute Gasteiger partial charge is 0.305 e. The van der Waals surface area contributed by atoms with Crippen LogP contribution in [0.4, 0.5) is 0 Å². The van der Waals surface area contributed by atoms with Gasteiger partial charge in [-0.1, -0.05) is 0 Å². The van der Waals surface area contributed by atoms with Gasteiger partial charge in [0.25, 0.3) is 0 Å². The van der Waals surface area contributed by atoms with Crippen LogP contribution in [0.15, 0.2) is 0 Å². The van der Waals surface area contributed by atoms with E-state index >= 15 is 0 Å². The molecule has 88 valence electrons. The fourth-order valence-electron chi connectivity index (χ4n) is 1.08. The van der Waals surface area contributed by atoms with Gasteiger partial charge in [0.2, 0.25) is 0 Å². The first kappa shape index (κ1) is 14.5. The minimum absolute atomic E-state index is 0.0940. The number of aldehydes is 1. The molecular weight excluding hydrogens is 212 g/mol. The molecule has 0 radical (unpaired) electrons. The maximum atomic E-state index is 10.9. The number of carbonyl (C=O) groups excluding carboxylic acids is 2. The lowest BCUT2D eigenvalue weighted by atomic mass is 10.2. The van der Waals surface area contributed by atoms with Crippen LogP contribution in [-0.4, -0.2) is 30.4 Å². The van der Waals surface area contributed by atoms with Crippen molar-refractivity contribution in [3.8, 4) is 0 Å². The lowest BCUT2D eigenvalue weighted by Gasteiger charge is -2.01. The summed E-state index contributed by atoms with van der Waals surface area (Å²) in [6.07, 6.45) is 5.07. The average Bonchev–Trinajstić information content (AvgIpc) is 2.22. The van der Waals surface area contributed by atoms with Gasteiger partial charge >= 0.3 is 5.97 Å². The van der Waals surface area contributed by atoms with Crippen LogP contribution in [0.25, 0.3) is 0 Å². The Bertz CT molecular complexity index is 171. The minimum Gasteiger partial charge on any atom is -0.466 e.